The monoisotopic (exact) mass is 414 g/mol. The van der Waals surface area contributed by atoms with Crippen LogP contribution in [0, 0.1) is 0 Å². The number of benzene rings is 2. The lowest BCUT2D eigenvalue weighted by Crippen LogP contribution is -2.15. The summed E-state index contributed by atoms with van der Waals surface area (Å²) in [6, 6.07) is 12.0. The Bertz CT molecular complexity index is 860. The van der Waals surface area contributed by atoms with Gasteiger partial charge in [0.2, 0.25) is 0 Å². The first-order valence-corrected chi connectivity index (χ1v) is 10.0. The van der Waals surface area contributed by atoms with E-state index in [1.807, 2.05) is 0 Å². The molecule has 0 aliphatic rings. The summed E-state index contributed by atoms with van der Waals surface area (Å²) in [5.74, 6) is -1.60. The van der Waals surface area contributed by atoms with Crippen molar-refractivity contribution >= 4 is 17.9 Å². The molecule has 0 amide bonds. The molecule has 0 bridgehead atoms. The van der Waals surface area contributed by atoms with Gasteiger partial charge in [-0.1, -0.05) is 69.4 Å². The number of rotatable bonds is 11. The average Bonchev–Trinajstić information content (AvgIpc) is 2.78. The van der Waals surface area contributed by atoms with Crippen molar-refractivity contribution in [3.05, 3.63) is 65.2 Å². The number of ketones is 1. The number of unbranched alkanes of at least 4 members (excludes halogenated alkanes) is 5. The Balaban J connectivity index is 2.02. The maximum absolute atomic E-state index is 13.0. The molecule has 0 saturated heterocycles. The second kappa shape index (κ2) is 12.4. The summed E-state index contributed by atoms with van der Waals surface area (Å²) in [5, 5.41) is 8.65. The van der Waals surface area contributed by atoms with E-state index >= 15 is 0 Å². The molecule has 0 unspecified atom stereocenters. The third kappa shape index (κ3) is 6.70. The van der Waals surface area contributed by atoms with E-state index in [1.165, 1.54) is 49.6 Å². The van der Waals surface area contributed by atoms with Crippen molar-refractivity contribution in [2.24, 2.45) is 0 Å². The van der Waals surface area contributed by atoms with Gasteiger partial charge in [-0.25, -0.2) is 9.59 Å². The topological polar surface area (TPSA) is 99.1 Å². The Kier molecular flexibility index (Phi) is 9.54. The molecule has 0 aliphatic heterocycles. The van der Waals surface area contributed by atoms with Gasteiger partial charge < -0.3 is 9.47 Å². The van der Waals surface area contributed by atoms with E-state index in [4.69, 9.17) is 14.7 Å². The minimum atomic E-state index is -1.06. The molecule has 0 spiro atoms. The highest BCUT2D eigenvalue weighted by molar-refractivity contribution is 6.15. The zero-order chi connectivity index (χ0) is 21.8. The van der Waals surface area contributed by atoms with Crippen LogP contribution in [0.25, 0.3) is 0 Å². The fourth-order valence-corrected chi connectivity index (χ4v) is 2.95. The van der Waals surface area contributed by atoms with Crippen molar-refractivity contribution < 1.29 is 34.0 Å². The van der Waals surface area contributed by atoms with Gasteiger partial charge in [0.1, 0.15) is 5.75 Å². The summed E-state index contributed by atoms with van der Waals surface area (Å²) in [6.45, 7) is 2.39. The van der Waals surface area contributed by atoms with Crippen LogP contribution < -0.4 is 4.74 Å². The number of ether oxygens (including phenoxy) is 2. The van der Waals surface area contributed by atoms with Crippen LogP contribution in [0.3, 0.4) is 0 Å². The number of carbonyl (C=O) groups excluding carboxylic acids is 3. The number of para-hydroxylation sites is 1. The molecule has 160 valence electrons. The van der Waals surface area contributed by atoms with Crippen molar-refractivity contribution in [1.29, 1.82) is 0 Å². The maximum Gasteiger partial charge on any atom is 0.513 e. The summed E-state index contributed by atoms with van der Waals surface area (Å²) in [4.78, 5) is 40.5. The van der Waals surface area contributed by atoms with Crippen molar-refractivity contribution in [3.8, 4) is 5.75 Å². The Morgan fingerprint density at radius 3 is 2.10 bits per heavy atom. The molecule has 0 radical (unpaired) electrons. The summed E-state index contributed by atoms with van der Waals surface area (Å²) in [5.41, 5.74) is -0.0225. The van der Waals surface area contributed by atoms with Crippen LogP contribution in [0.2, 0.25) is 0 Å². The largest absolute Gasteiger partial charge is 0.513 e. The maximum atomic E-state index is 13.0. The first kappa shape index (κ1) is 23.1. The van der Waals surface area contributed by atoms with Crippen LogP contribution in [0.4, 0.5) is 4.79 Å². The molecular formula is C23H26O7. The van der Waals surface area contributed by atoms with Gasteiger partial charge in [-0.2, -0.15) is 5.26 Å². The summed E-state index contributed by atoms with van der Waals surface area (Å²) in [6.07, 6.45) is 5.46. The molecule has 2 aromatic carbocycles. The molecule has 2 aromatic rings. The number of hydrogen-bond donors (Lipinski definition) is 1. The Morgan fingerprint density at radius 1 is 0.800 bits per heavy atom. The van der Waals surface area contributed by atoms with E-state index in [2.05, 4.69) is 11.8 Å². The van der Waals surface area contributed by atoms with Gasteiger partial charge in [-0.15, -0.1) is 0 Å². The van der Waals surface area contributed by atoms with E-state index in [0.29, 0.717) is 0 Å². The molecule has 0 saturated carbocycles. The van der Waals surface area contributed by atoms with E-state index in [-0.39, 0.29) is 29.0 Å². The van der Waals surface area contributed by atoms with Crippen LogP contribution in [0.5, 0.6) is 5.75 Å². The second-order valence-corrected chi connectivity index (χ2v) is 6.72. The second-order valence-electron chi connectivity index (χ2n) is 6.72. The third-order valence-corrected chi connectivity index (χ3v) is 4.52. The number of carbonyl (C=O) groups is 3. The van der Waals surface area contributed by atoms with Crippen molar-refractivity contribution in [2.45, 2.75) is 45.4 Å². The molecule has 2 rings (SSSR count). The van der Waals surface area contributed by atoms with E-state index < -0.39 is 17.9 Å². The number of hydrogen-bond acceptors (Lipinski definition) is 7. The van der Waals surface area contributed by atoms with Crippen LogP contribution >= 0.6 is 0 Å². The minimum Gasteiger partial charge on any atom is -0.434 e. The molecule has 1 N–H and O–H groups in total. The van der Waals surface area contributed by atoms with E-state index in [1.54, 1.807) is 18.2 Å². The van der Waals surface area contributed by atoms with Gasteiger partial charge in [0.05, 0.1) is 17.7 Å². The molecule has 0 fully saturated rings. The van der Waals surface area contributed by atoms with Crippen molar-refractivity contribution in [1.82, 2.24) is 0 Å². The molecule has 0 aromatic heterocycles. The highest BCUT2D eigenvalue weighted by Crippen LogP contribution is 2.24. The predicted molar refractivity (Wildman–Crippen MR) is 110 cm³/mol. The van der Waals surface area contributed by atoms with Gasteiger partial charge >= 0.3 is 12.1 Å². The normalized spacial score (nSPS) is 10.3. The molecule has 0 heterocycles. The highest BCUT2D eigenvalue weighted by atomic mass is 17.1. The van der Waals surface area contributed by atoms with Gasteiger partial charge in [-0.3, -0.25) is 9.68 Å². The standard InChI is InChI=1S/C23H26O7/c1-2-3-4-5-6-11-16-28-23(26)29-20-15-10-9-14-19(20)21(24)17-12-7-8-13-18(17)22(25)30-27/h7-10,12-15,27H,2-6,11,16H2,1H3. The Labute approximate surface area is 175 Å². The SMILES string of the molecule is CCCCCCCCOC(=O)Oc1ccccc1C(=O)c1ccccc1C(=O)OO. The highest BCUT2D eigenvalue weighted by Gasteiger charge is 2.22. The summed E-state index contributed by atoms with van der Waals surface area (Å²) in [7, 11) is 0. The zero-order valence-corrected chi connectivity index (χ0v) is 17.0. The van der Waals surface area contributed by atoms with Crippen LogP contribution in [0.15, 0.2) is 48.5 Å². The molecule has 7 nitrogen and oxygen atoms in total. The average molecular weight is 414 g/mol. The van der Waals surface area contributed by atoms with Gasteiger partial charge in [0, 0.05) is 5.56 Å². The molecule has 0 aliphatic carbocycles. The fourth-order valence-electron chi connectivity index (χ4n) is 2.95. The lowest BCUT2D eigenvalue weighted by molar-refractivity contribution is -0.182. The van der Waals surface area contributed by atoms with Gasteiger partial charge in [-0.05, 0) is 24.6 Å². The lowest BCUT2D eigenvalue weighted by Gasteiger charge is -2.11. The van der Waals surface area contributed by atoms with E-state index in [0.717, 1.165) is 19.3 Å². The zero-order valence-electron chi connectivity index (χ0n) is 17.0. The minimum absolute atomic E-state index is 0.00745. The molecule has 30 heavy (non-hydrogen) atoms. The van der Waals surface area contributed by atoms with Crippen molar-refractivity contribution in [2.75, 3.05) is 6.61 Å². The summed E-state index contributed by atoms with van der Waals surface area (Å²) >= 11 is 0. The first-order valence-electron chi connectivity index (χ1n) is 10.0. The quantitative estimate of drug-likeness (QED) is 0.131. The van der Waals surface area contributed by atoms with Crippen molar-refractivity contribution in [3.63, 3.8) is 0 Å². The van der Waals surface area contributed by atoms with Crippen LogP contribution in [-0.2, 0) is 9.62 Å². The molecular weight excluding hydrogens is 388 g/mol. The van der Waals surface area contributed by atoms with Gasteiger partial charge in [0.15, 0.2) is 5.78 Å². The smallest absolute Gasteiger partial charge is 0.434 e. The first-order chi connectivity index (χ1) is 14.6. The lowest BCUT2D eigenvalue weighted by atomic mass is 9.98. The van der Waals surface area contributed by atoms with Crippen LogP contribution in [-0.4, -0.2) is 29.8 Å². The Hall–Kier alpha value is -3.19. The fraction of sp³-hybridized carbons (Fsp3) is 0.348. The van der Waals surface area contributed by atoms with E-state index in [9.17, 15) is 14.4 Å². The predicted octanol–water partition coefficient (Wildman–Crippen LogP) is 5.42. The van der Waals surface area contributed by atoms with Crippen LogP contribution in [0.1, 0.15) is 71.7 Å². The third-order valence-electron chi connectivity index (χ3n) is 4.52. The molecule has 7 heteroatoms. The summed E-state index contributed by atoms with van der Waals surface area (Å²) < 4.78 is 10.3. The van der Waals surface area contributed by atoms with Gasteiger partial charge in [0.25, 0.3) is 0 Å². The molecule has 0 atom stereocenters. The Morgan fingerprint density at radius 2 is 1.40 bits per heavy atom.